The number of hydrogen-bond donors (Lipinski definition) is 1. The van der Waals surface area contributed by atoms with Crippen LogP contribution >= 0.6 is 0 Å². The maximum Gasteiger partial charge on any atom is 0.249 e. The number of carbonyl (C=O) groups is 1. The van der Waals surface area contributed by atoms with Gasteiger partial charge in [0.05, 0.1) is 5.56 Å². The van der Waals surface area contributed by atoms with E-state index in [-0.39, 0.29) is 6.79 Å². The molecule has 0 bridgehead atoms. The average Bonchev–Trinajstić information content (AvgIpc) is 2.92. The van der Waals surface area contributed by atoms with Crippen molar-refractivity contribution in [3.05, 3.63) is 59.2 Å². The van der Waals surface area contributed by atoms with E-state index in [4.69, 9.17) is 15.2 Å². The number of hydrogen-bond acceptors (Lipinski definition) is 3. The van der Waals surface area contributed by atoms with Gasteiger partial charge in [0.1, 0.15) is 0 Å². The minimum Gasteiger partial charge on any atom is -0.454 e. The van der Waals surface area contributed by atoms with E-state index in [2.05, 4.69) is 0 Å². The van der Waals surface area contributed by atoms with Gasteiger partial charge in [-0.05, 0) is 23.3 Å². The van der Waals surface area contributed by atoms with E-state index in [1.165, 1.54) is 0 Å². The quantitative estimate of drug-likeness (QED) is 0.870. The van der Waals surface area contributed by atoms with Crippen molar-refractivity contribution in [1.82, 2.24) is 0 Å². The number of nitrogens with two attached hydrogens (primary N) is 1. The summed E-state index contributed by atoms with van der Waals surface area (Å²) in [5.74, 6) is 0.689. The topological polar surface area (TPSA) is 61.6 Å². The minimum atomic E-state index is -0.490. The molecule has 0 saturated heterocycles. The van der Waals surface area contributed by atoms with Crippen LogP contribution in [0.5, 0.6) is 11.5 Å². The largest absolute Gasteiger partial charge is 0.454 e. The summed E-state index contributed by atoms with van der Waals surface area (Å²) in [6.45, 7) is 0.166. The van der Waals surface area contributed by atoms with Crippen molar-refractivity contribution >= 4 is 18.1 Å². The van der Waals surface area contributed by atoms with Crippen molar-refractivity contribution in [2.24, 2.45) is 5.73 Å². The molecule has 1 heterocycles. The molecule has 100 valence electrons. The molecule has 2 aromatic carbocycles. The Labute approximate surface area is 116 Å². The predicted octanol–water partition coefficient (Wildman–Crippen LogP) is 2.68. The second-order valence-electron chi connectivity index (χ2n) is 4.40. The number of ether oxygens (including phenoxy) is 2. The lowest BCUT2D eigenvalue weighted by Crippen LogP contribution is -2.12. The zero-order chi connectivity index (χ0) is 13.9. The maximum absolute atomic E-state index is 11.5. The molecule has 0 aromatic heterocycles. The average molecular weight is 267 g/mol. The van der Waals surface area contributed by atoms with Gasteiger partial charge < -0.3 is 15.2 Å². The molecule has 0 fully saturated rings. The first kappa shape index (κ1) is 12.3. The van der Waals surface area contributed by atoms with Gasteiger partial charge in [-0.3, -0.25) is 4.79 Å². The van der Waals surface area contributed by atoms with E-state index in [1.807, 2.05) is 42.5 Å². The first-order valence-corrected chi connectivity index (χ1v) is 6.20. The standard InChI is InChI=1S/C16H13NO3/c17-16(18)13-9-15-14(19-10-20-15)8-12(13)7-6-11-4-2-1-3-5-11/h1-9H,10H2,(H2,17,18)/b7-6+. The van der Waals surface area contributed by atoms with Crippen LogP contribution in [-0.2, 0) is 0 Å². The molecule has 0 atom stereocenters. The molecule has 0 spiro atoms. The summed E-state index contributed by atoms with van der Waals surface area (Å²) < 4.78 is 10.6. The van der Waals surface area contributed by atoms with Gasteiger partial charge in [0.15, 0.2) is 11.5 Å². The van der Waals surface area contributed by atoms with Crippen LogP contribution in [0.15, 0.2) is 42.5 Å². The smallest absolute Gasteiger partial charge is 0.249 e. The van der Waals surface area contributed by atoms with Crippen molar-refractivity contribution in [3.63, 3.8) is 0 Å². The molecule has 0 saturated carbocycles. The van der Waals surface area contributed by atoms with E-state index in [1.54, 1.807) is 12.1 Å². The van der Waals surface area contributed by atoms with Gasteiger partial charge in [-0.2, -0.15) is 0 Å². The molecule has 0 unspecified atom stereocenters. The number of benzene rings is 2. The lowest BCUT2D eigenvalue weighted by molar-refractivity contribution is 0.0999. The molecule has 2 aromatic rings. The van der Waals surface area contributed by atoms with Crippen molar-refractivity contribution in [1.29, 1.82) is 0 Å². The van der Waals surface area contributed by atoms with E-state index in [0.29, 0.717) is 22.6 Å². The van der Waals surface area contributed by atoms with Gasteiger partial charge in [-0.15, -0.1) is 0 Å². The Kier molecular flexibility index (Phi) is 3.13. The Bertz CT molecular complexity index is 678. The van der Waals surface area contributed by atoms with E-state index >= 15 is 0 Å². The third-order valence-corrected chi connectivity index (χ3v) is 3.07. The van der Waals surface area contributed by atoms with Crippen LogP contribution in [0.25, 0.3) is 12.2 Å². The van der Waals surface area contributed by atoms with Crippen molar-refractivity contribution in [3.8, 4) is 11.5 Å². The van der Waals surface area contributed by atoms with Crippen LogP contribution in [-0.4, -0.2) is 12.7 Å². The molecule has 3 rings (SSSR count). The number of fused-ring (bicyclic) bond motifs is 1. The Morgan fingerprint density at radius 3 is 2.45 bits per heavy atom. The minimum absolute atomic E-state index is 0.166. The number of rotatable bonds is 3. The third-order valence-electron chi connectivity index (χ3n) is 3.07. The van der Waals surface area contributed by atoms with Gasteiger partial charge in [0.2, 0.25) is 12.7 Å². The third kappa shape index (κ3) is 2.36. The molecular formula is C16H13NO3. The summed E-state index contributed by atoms with van der Waals surface area (Å²) in [5, 5.41) is 0. The van der Waals surface area contributed by atoms with E-state index in [0.717, 1.165) is 5.56 Å². The Hall–Kier alpha value is -2.75. The zero-order valence-corrected chi connectivity index (χ0v) is 10.7. The monoisotopic (exact) mass is 267 g/mol. The molecule has 20 heavy (non-hydrogen) atoms. The van der Waals surface area contributed by atoms with E-state index in [9.17, 15) is 4.79 Å². The van der Waals surface area contributed by atoms with Gasteiger partial charge >= 0.3 is 0 Å². The first-order chi connectivity index (χ1) is 9.74. The maximum atomic E-state index is 11.5. The van der Waals surface area contributed by atoms with Crippen molar-refractivity contribution < 1.29 is 14.3 Å². The van der Waals surface area contributed by atoms with Crippen LogP contribution in [0, 0.1) is 0 Å². The SMILES string of the molecule is NC(=O)c1cc2c(cc1/C=C/c1ccccc1)OCO2. The van der Waals surface area contributed by atoms with Crippen molar-refractivity contribution in [2.45, 2.75) is 0 Å². The fourth-order valence-corrected chi connectivity index (χ4v) is 2.06. The lowest BCUT2D eigenvalue weighted by atomic mass is 10.0. The Morgan fingerprint density at radius 2 is 1.75 bits per heavy atom. The highest BCUT2D eigenvalue weighted by atomic mass is 16.7. The van der Waals surface area contributed by atoms with Crippen LogP contribution in [0.3, 0.4) is 0 Å². The van der Waals surface area contributed by atoms with Gasteiger partial charge in [-0.1, -0.05) is 42.5 Å². The summed E-state index contributed by atoms with van der Waals surface area (Å²) >= 11 is 0. The molecule has 1 amide bonds. The molecule has 0 radical (unpaired) electrons. The van der Waals surface area contributed by atoms with Crippen LogP contribution in [0.2, 0.25) is 0 Å². The summed E-state index contributed by atoms with van der Waals surface area (Å²) in [4.78, 5) is 11.5. The molecular weight excluding hydrogens is 254 g/mol. The fraction of sp³-hybridized carbons (Fsp3) is 0.0625. The molecule has 4 nitrogen and oxygen atoms in total. The van der Waals surface area contributed by atoms with Crippen LogP contribution in [0.1, 0.15) is 21.5 Å². The first-order valence-electron chi connectivity index (χ1n) is 6.20. The van der Waals surface area contributed by atoms with Gasteiger partial charge in [0.25, 0.3) is 0 Å². The lowest BCUT2D eigenvalue weighted by Gasteiger charge is -2.04. The molecule has 1 aliphatic heterocycles. The summed E-state index contributed by atoms with van der Waals surface area (Å²) in [5.41, 5.74) is 7.58. The molecule has 1 aliphatic rings. The molecule has 2 N–H and O–H groups in total. The summed E-state index contributed by atoms with van der Waals surface area (Å²) in [7, 11) is 0. The normalized spacial score (nSPS) is 12.8. The highest BCUT2D eigenvalue weighted by Gasteiger charge is 2.18. The number of primary amides is 1. The molecule has 0 aliphatic carbocycles. The zero-order valence-electron chi connectivity index (χ0n) is 10.7. The highest BCUT2D eigenvalue weighted by Crippen LogP contribution is 2.35. The Balaban J connectivity index is 2.00. The van der Waals surface area contributed by atoms with Crippen LogP contribution in [0.4, 0.5) is 0 Å². The second kappa shape index (κ2) is 5.09. The highest BCUT2D eigenvalue weighted by molar-refractivity contribution is 5.98. The number of amides is 1. The number of carbonyl (C=O) groups excluding carboxylic acids is 1. The van der Waals surface area contributed by atoms with Crippen molar-refractivity contribution in [2.75, 3.05) is 6.79 Å². The predicted molar refractivity (Wildman–Crippen MR) is 76.5 cm³/mol. The Morgan fingerprint density at radius 1 is 1.05 bits per heavy atom. The van der Waals surface area contributed by atoms with Gasteiger partial charge in [-0.25, -0.2) is 0 Å². The van der Waals surface area contributed by atoms with E-state index < -0.39 is 5.91 Å². The fourth-order valence-electron chi connectivity index (χ4n) is 2.06. The summed E-state index contributed by atoms with van der Waals surface area (Å²) in [6.07, 6.45) is 3.77. The van der Waals surface area contributed by atoms with Crippen LogP contribution < -0.4 is 15.2 Å². The van der Waals surface area contributed by atoms with Gasteiger partial charge in [0, 0.05) is 0 Å². The molecule has 4 heteroatoms. The summed E-state index contributed by atoms with van der Waals surface area (Å²) in [6, 6.07) is 13.2. The second-order valence-corrected chi connectivity index (χ2v) is 4.40.